The Morgan fingerprint density at radius 1 is 1.09 bits per heavy atom. The summed E-state index contributed by atoms with van der Waals surface area (Å²) < 4.78 is 0. The lowest BCUT2D eigenvalue weighted by atomic mass is 9.87. The monoisotopic (exact) mass is 335 g/mol. The Kier molecular flexibility index (Phi) is 6.69. The maximum absolute atomic E-state index is 12.0. The minimum absolute atomic E-state index is 0.0372. The summed E-state index contributed by atoms with van der Waals surface area (Å²) in [5.74, 6) is -0.249. The van der Waals surface area contributed by atoms with Crippen molar-refractivity contribution in [3.05, 3.63) is 35.4 Å². The first-order valence-electron chi connectivity index (χ1n) is 7.60. The van der Waals surface area contributed by atoms with Crippen LogP contribution in [0.4, 0.5) is 0 Å². The predicted molar refractivity (Wildman–Crippen MR) is 95.9 cm³/mol. The zero-order chi connectivity index (χ0) is 17.6. The number of hydrazine groups is 1. The molecule has 0 unspecified atom stereocenters. The predicted octanol–water partition coefficient (Wildman–Crippen LogP) is 2.67. The Labute approximate surface area is 143 Å². The lowest BCUT2D eigenvalue weighted by molar-refractivity contribution is -0.120. The standard InChI is InChI=1S/C17H25N3O2S/c1-11(2)10-14(21)18-16(23)20-19-15(22)12-6-8-13(9-7-12)17(3,4)5/h6-9,11H,10H2,1-5H3,(H,19,22)(H2,18,20,21,23). The molecule has 1 aromatic rings. The molecule has 0 aliphatic heterocycles. The first kappa shape index (κ1) is 19.1. The molecule has 0 aromatic heterocycles. The third-order valence-electron chi connectivity index (χ3n) is 3.15. The fourth-order valence-corrected chi connectivity index (χ4v) is 2.05. The van der Waals surface area contributed by atoms with E-state index in [-0.39, 0.29) is 28.3 Å². The van der Waals surface area contributed by atoms with E-state index in [1.165, 1.54) is 0 Å². The largest absolute Gasteiger partial charge is 0.302 e. The molecular weight excluding hydrogens is 310 g/mol. The number of hydrogen-bond acceptors (Lipinski definition) is 3. The SMILES string of the molecule is CC(C)CC(=O)NC(=S)NNC(=O)c1ccc(C(C)(C)C)cc1. The van der Waals surface area contributed by atoms with Gasteiger partial charge in [0.05, 0.1) is 0 Å². The Hall–Kier alpha value is -1.95. The van der Waals surface area contributed by atoms with Crippen LogP contribution in [0.3, 0.4) is 0 Å². The zero-order valence-electron chi connectivity index (χ0n) is 14.3. The third kappa shape index (κ3) is 6.78. The highest BCUT2D eigenvalue weighted by Gasteiger charge is 2.14. The highest BCUT2D eigenvalue weighted by atomic mass is 32.1. The van der Waals surface area contributed by atoms with E-state index in [0.29, 0.717) is 12.0 Å². The molecule has 3 N–H and O–H groups in total. The van der Waals surface area contributed by atoms with Gasteiger partial charge in [0.1, 0.15) is 0 Å². The van der Waals surface area contributed by atoms with Gasteiger partial charge < -0.3 is 5.32 Å². The van der Waals surface area contributed by atoms with E-state index >= 15 is 0 Å². The number of rotatable bonds is 3. The molecule has 5 nitrogen and oxygen atoms in total. The van der Waals surface area contributed by atoms with Gasteiger partial charge in [-0.3, -0.25) is 20.4 Å². The number of thiocarbonyl (C=S) groups is 1. The van der Waals surface area contributed by atoms with Crippen LogP contribution in [-0.4, -0.2) is 16.9 Å². The van der Waals surface area contributed by atoms with Crippen LogP contribution in [0.2, 0.25) is 0 Å². The molecule has 0 atom stereocenters. The van der Waals surface area contributed by atoms with Gasteiger partial charge in [-0.15, -0.1) is 0 Å². The summed E-state index contributed by atoms with van der Waals surface area (Å²) in [6.07, 6.45) is 0.379. The van der Waals surface area contributed by atoms with Gasteiger partial charge in [0.2, 0.25) is 5.91 Å². The normalized spacial score (nSPS) is 11.0. The van der Waals surface area contributed by atoms with Crippen molar-refractivity contribution >= 4 is 29.1 Å². The van der Waals surface area contributed by atoms with E-state index < -0.39 is 0 Å². The minimum atomic E-state index is -0.314. The molecule has 0 saturated heterocycles. The average Bonchev–Trinajstić information content (AvgIpc) is 2.43. The van der Waals surface area contributed by atoms with Gasteiger partial charge in [-0.1, -0.05) is 46.8 Å². The summed E-state index contributed by atoms with van der Waals surface area (Å²) in [4.78, 5) is 23.6. The van der Waals surface area contributed by atoms with Crippen LogP contribution in [0.15, 0.2) is 24.3 Å². The Morgan fingerprint density at radius 2 is 1.65 bits per heavy atom. The number of amides is 2. The van der Waals surface area contributed by atoms with Gasteiger partial charge in [-0.2, -0.15) is 0 Å². The Morgan fingerprint density at radius 3 is 2.13 bits per heavy atom. The van der Waals surface area contributed by atoms with Crippen molar-refractivity contribution in [3.63, 3.8) is 0 Å². The van der Waals surface area contributed by atoms with Gasteiger partial charge in [0, 0.05) is 12.0 Å². The van der Waals surface area contributed by atoms with E-state index in [2.05, 4.69) is 36.9 Å². The summed E-state index contributed by atoms with van der Waals surface area (Å²) in [5.41, 5.74) is 6.70. The highest BCUT2D eigenvalue weighted by Crippen LogP contribution is 2.22. The molecule has 0 bridgehead atoms. The molecule has 126 valence electrons. The molecule has 0 spiro atoms. The molecule has 0 aliphatic rings. The molecule has 0 radical (unpaired) electrons. The van der Waals surface area contributed by atoms with Gasteiger partial charge in [-0.25, -0.2) is 0 Å². The second kappa shape index (κ2) is 8.06. The van der Waals surface area contributed by atoms with Crippen molar-refractivity contribution in [2.75, 3.05) is 0 Å². The number of benzene rings is 1. The number of nitrogens with one attached hydrogen (secondary N) is 3. The zero-order valence-corrected chi connectivity index (χ0v) is 15.1. The summed E-state index contributed by atoms with van der Waals surface area (Å²) in [6.45, 7) is 10.2. The van der Waals surface area contributed by atoms with Crippen LogP contribution in [0, 0.1) is 5.92 Å². The van der Waals surface area contributed by atoms with Crippen molar-refractivity contribution in [1.82, 2.24) is 16.2 Å². The average molecular weight is 335 g/mol. The van der Waals surface area contributed by atoms with Crippen molar-refractivity contribution in [2.45, 2.75) is 46.5 Å². The fraction of sp³-hybridized carbons (Fsp3) is 0.471. The smallest absolute Gasteiger partial charge is 0.269 e. The van der Waals surface area contributed by atoms with Crippen LogP contribution < -0.4 is 16.2 Å². The Balaban J connectivity index is 2.50. The summed E-state index contributed by atoms with van der Waals surface area (Å²) in [7, 11) is 0. The molecule has 0 fully saturated rings. The van der Waals surface area contributed by atoms with Gasteiger partial charge in [-0.05, 0) is 41.2 Å². The number of carbonyl (C=O) groups excluding carboxylic acids is 2. The van der Waals surface area contributed by atoms with E-state index in [4.69, 9.17) is 12.2 Å². The molecule has 1 rings (SSSR count). The fourth-order valence-electron chi connectivity index (χ4n) is 1.89. The van der Waals surface area contributed by atoms with Crippen molar-refractivity contribution in [2.24, 2.45) is 5.92 Å². The molecule has 0 aliphatic carbocycles. The molecular formula is C17H25N3O2S. The number of hydrogen-bond donors (Lipinski definition) is 3. The first-order valence-corrected chi connectivity index (χ1v) is 8.01. The van der Waals surface area contributed by atoms with Crippen LogP contribution in [0.5, 0.6) is 0 Å². The van der Waals surface area contributed by atoms with E-state index in [1.54, 1.807) is 12.1 Å². The topological polar surface area (TPSA) is 70.2 Å². The maximum atomic E-state index is 12.0. The first-order chi connectivity index (χ1) is 10.6. The van der Waals surface area contributed by atoms with Gasteiger partial charge in [0.25, 0.3) is 5.91 Å². The summed E-state index contributed by atoms with van der Waals surface area (Å²) in [5, 5.41) is 2.59. The molecule has 0 heterocycles. The molecule has 1 aromatic carbocycles. The molecule has 0 saturated carbocycles. The van der Waals surface area contributed by atoms with Crippen LogP contribution in [-0.2, 0) is 10.2 Å². The van der Waals surface area contributed by atoms with Crippen molar-refractivity contribution in [1.29, 1.82) is 0 Å². The minimum Gasteiger partial charge on any atom is -0.302 e. The van der Waals surface area contributed by atoms with Crippen molar-refractivity contribution in [3.8, 4) is 0 Å². The second-order valence-electron chi connectivity index (χ2n) is 6.88. The lowest BCUT2D eigenvalue weighted by Gasteiger charge is -2.19. The third-order valence-corrected chi connectivity index (χ3v) is 3.35. The van der Waals surface area contributed by atoms with E-state index in [0.717, 1.165) is 5.56 Å². The van der Waals surface area contributed by atoms with Crippen LogP contribution in [0.25, 0.3) is 0 Å². The second-order valence-corrected chi connectivity index (χ2v) is 7.29. The highest BCUT2D eigenvalue weighted by molar-refractivity contribution is 7.80. The molecule has 2 amide bonds. The van der Waals surface area contributed by atoms with Crippen LogP contribution >= 0.6 is 12.2 Å². The molecule has 6 heteroatoms. The van der Waals surface area contributed by atoms with E-state index in [1.807, 2.05) is 26.0 Å². The van der Waals surface area contributed by atoms with Gasteiger partial charge >= 0.3 is 0 Å². The van der Waals surface area contributed by atoms with Crippen LogP contribution in [0.1, 0.15) is 57.0 Å². The summed E-state index contributed by atoms with van der Waals surface area (Å²) >= 11 is 4.96. The quantitative estimate of drug-likeness (QED) is 0.587. The number of carbonyl (C=O) groups is 2. The Bertz CT molecular complexity index is 574. The van der Waals surface area contributed by atoms with Gasteiger partial charge in [0.15, 0.2) is 5.11 Å². The summed E-state index contributed by atoms with van der Waals surface area (Å²) in [6, 6.07) is 7.38. The molecule has 23 heavy (non-hydrogen) atoms. The lowest BCUT2D eigenvalue weighted by Crippen LogP contribution is -2.48. The van der Waals surface area contributed by atoms with E-state index in [9.17, 15) is 9.59 Å². The van der Waals surface area contributed by atoms with Crippen molar-refractivity contribution < 1.29 is 9.59 Å². The maximum Gasteiger partial charge on any atom is 0.269 e.